The molecule has 0 aliphatic rings. The second-order valence-corrected chi connectivity index (χ2v) is 6.35. The van der Waals surface area contributed by atoms with Crippen LogP contribution in [0.1, 0.15) is 24.4 Å². The summed E-state index contributed by atoms with van der Waals surface area (Å²) in [6.45, 7) is 2.37. The van der Waals surface area contributed by atoms with Crippen molar-refractivity contribution in [3.8, 4) is 0 Å². The number of fused-ring (bicyclic) bond motifs is 1. The fourth-order valence-electron chi connectivity index (χ4n) is 2.48. The largest absolute Gasteiger partial charge is 0.322 e. The molecule has 3 aromatic rings. The third-order valence-corrected chi connectivity index (χ3v) is 4.74. The molecule has 0 fully saturated rings. The molecule has 0 saturated carbocycles. The van der Waals surface area contributed by atoms with Crippen LogP contribution in [0.2, 0.25) is 15.1 Å². The number of imidazole rings is 1. The van der Waals surface area contributed by atoms with Crippen molar-refractivity contribution in [1.29, 1.82) is 0 Å². The van der Waals surface area contributed by atoms with Gasteiger partial charge in [-0.25, -0.2) is 4.98 Å². The Morgan fingerprint density at radius 3 is 2.50 bits per heavy atom. The monoisotopic (exact) mass is 353 g/mol. The Kier molecular flexibility index (Phi) is 4.33. The van der Waals surface area contributed by atoms with Crippen molar-refractivity contribution in [2.45, 2.75) is 19.5 Å². The SMILES string of the molecule is CC(N)c1nc2ccccc2n1Cc1c(Cl)ccc(Cl)c1Cl. The minimum absolute atomic E-state index is 0.205. The minimum Gasteiger partial charge on any atom is -0.322 e. The van der Waals surface area contributed by atoms with E-state index in [1.54, 1.807) is 12.1 Å². The van der Waals surface area contributed by atoms with E-state index < -0.39 is 0 Å². The Morgan fingerprint density at radius 1 is 1.09 bits per heavy atom. The summed E-state index contributed by atoms with van der Waals surface area (Å²) in [5, 5.41) is 1.51. The molecule has 0 bridgehead atoms. The van der Waals surface area contributed by atoms with Crippen LogP contribution in [0.25, 0.3) is 11.0 Å². The van der Waals surface area contributed by atoms with Gasteiger partial charge in [-0.05, 0) is 31.2 Å². The smallest absolute Gasteiger partial charge is 0.126 e. The summed E-state index contributed by atoms with van der Waals surface area (Å²) in [6, 6.07) is 11.1. The van der Waals surface area contributed by atoms with Gasteiger partial charge >= 0.3 is 0 Å². The molecule has 1 heterocycles. The lowest BCUT2D eigenvalue weighted by atomic mass is 10.2. The molecule has 1 unspecified atom stereocenters. The van der Waals surface area contributed by atoms with Gasteiger partial charge in [-0.1, -0.05) is 46.9 Å². The number of halogens is 3. The molecule has 0 aliphatic carbocycles. The van der Waals surface area contributed by atoms with Crippen molar-refractivity contribution in [2.24, 2.45) is 5.73 Å². The van der Waals surface area contributed by atoms with E-state index in [1.807, 2.05) is 35.8 Å². The maximum Gasteiger partial charge on any atom is 0.126 e. The molecule has 0 saturated heterocycles. The van der Waals surface area contributed by atoms with Crippen LogP contribution in [0, 0.1) is 0 Å². The van der Waals surface area contributed by atoms with Gasteiger partial charge < -0.3 is 10.3 Å². The Hall–Kier alpha value is -1.26. The molecule has 3 rings (SSSR count). The van der Waals surface area contributed by atoms with Gasteiger partial charge in [0.05, 0.1) is 33.7 Å². The van der Waals surface area contributed by atoms with E-state index in [0.29, 0.717) is 21.6 Å². The molecule has 2 aromatic carbocycles. The molecule has 0 spiro atoms. The van der Waals surface area contributed by atoms with E-state index in [1.165, 1.54) is 0 Å². The van der Waals surface area contributed by atoms with E-state index in [-0.39, 0.29) is 6.04 Å². The topological polar surface area (TPSA) is 43.8 Å². The first-order chi connectivity index (χ1) is 10.5. The third-order valence-electron chi connectivity index (χ3n) is 3.55. The molecular weight excluding hydrogens is 341 g/mol. The highest BCUT2D eigenvalue weighted by Gasteiger charge is 2.17. The van der Waals surface area contributed by atoms with Crippen LogP contribution in [0.4, 0.5) is 0 Å². The number of hydrogen-bond acceptors (Lipinski definition) is 2. The minimum atomic E-state index is -0.205. The van der Waals surface area contributed by atoms with Crippen LogP contribution in [0.3, 0.4) is 0 Å². The molecular formula is C16H14Cl3N3. The van der Waals surface area contributed by atoms with Crippen molar-refractivity contribution in [3.63, 3.8) is 0 Å². The van der Waals surface area contributed by atoms with Crippen molar-refractivity contribution in [1.82, 2.24) is 9.55 Å². The number of rotatable bonds is 3. The predicted octanol–water partition coefficient (Wildman–Crippen LogP) is 5.06. The number of aromatic nitrogens is 2. The normalized spacial score (nSPS) is 12.8. The Bertz CT molecular complexity index is 840. The van der Waals surface area contributed by atoms with Gasteiger partial charge in [0.1, 0.15) is 5.82 Å². The first-order valence-corrected chi connectivity index (χ1v) is 7.95. The van der Waals surface area contributed by atoms with E-state index in [9.17, 15) is 0 Å². The average molecular weight is 355 g/mol. The fourth-order valence-corrected chi connectivity index (χ4v) is 3.15. The number of benzene rings is 2. The number of nitrogens with zero attached hydrogens (tertiary/aromatic N) is 2. The quantitative estimate of drug-likeness (QED) is 0.668. The highest BCUT2D eigenvalue weighted by Crippen LogP contribution is 2.33. The summed E-state index contributed by atoms with van der Waals surface area (Å²) in [7, 11) is 0. The van der Waals surface area contributed by atoms with Gasteiger partial charge in [0.2, 0.25) is 0 Å². The van der Waals surface area contributed by atoms with Gasteiger partial charge in [0.15, 0.2) is 0 Å². The predicted molar refractivity (Wildman–Crippen MR) is 92.9 cm³/mol. The van der Waals surface area contributed by atoms with Crippen molar-refractivity contribution >= 4 is 45.8 Å². The second-order valence-electron chi connectivity index (χ2n) is 5.16. The molecule has 0 aliphatic heterocycles. The molecule has 22 heavy (non-hydrogen) atoms. The number of para-hydroxylation sites is 2. The van der Waals surface area contributed by atoms with Crippen LogP contribution in [-0.4, -0.2) is 9.55 Å². The molecule has 114 valence electrons. The van der Waals surface area contributed by atoms with Crippen LogP contribution in [0.15, 0.2) is 36.4 Å². The maximum absolute atomic E-state index is 6.32. The molecule has 0 amide bonds. The lowest BCUT2D eigenvalue weighted by Gasteiger charge is -2.14. The van der Waals surface area contributed by atoms with Crippen LogP contribution in [0.5, 0.6) is 0 Å². The third kappa shape index (κ3) is 2.70. The summed E-state index contributed by atoms with van der Waals surface area (Å²) in [6.07, 6.45) is 0. The molecule has 1 atom stereocenters. The standard InChI is InChI=1S/C16H14Cl3N3/c1-9(20)16-21-13-4-2-3-5-14(13)22(16)8-10-11(17)6-7-12(18)15(10)19/h2-7,9H,8,20H2,1H3. The van der Waals surface area contributed by atoms with Crippen molar-refractivity contribution < 1.29 is 0 Å². The van der Waals surface area contributed by atoms with E-state index >= 15 is 0 Å². The lowest BCUT2D eigenvalue weighted by molar-refractivity contribution is 0.664. The lowest BCUT2D eigenvalue weighted by Crippen LogP contribution is -2.14. The van der Waals surface area contributed by atoms with Gasteiger partial charge in [-0.3, -0.25) is 0 Å². The molecule has 1 aromatic heterocycles. The zero-order chi connectivity index (χ0) is 15.9. The van der Waals surface area contributed by atoms with Crippen molar-refractivity contribution in [3.05, 3.63) is 62.9 Å². The zero-order valence-corrected chi connectivity index (χ0v) is 14.1. The average Bonchev–Trinajstić information content (AvgIpc) is 2.86. The molecule has 0 radical (unpaired) electrons. The molecule has 2 N–H and O–H groups in total. The Morgan fingerprint density at radius 2 is 1.77 bits per heavy atom. The molecule has 3 nitrogen and oxygen atoms in total. The zero-order valence-electron chi connectivity index (χ0n) is 11.9. The van der Waals surface area contributed by atoms with Crippen LogP contribution in [-0.2, 0) is 6.54 Å². The van der Waals surface area contributed by atoms with E-state index in [4.69, 9.17) is 40.5 Å². The Labute approximate surface area is 143 Å². The Balaban J connectivity index is 2.19. The van der Waals surface area contributed by atoms with Gasteiger partial charge in [-0.15, -0.1) is 0 Å². The summed E-state index contributed by atoms with van der Waals surface area (Å²) in [5.41, 5.74) is 8.71. The van der Waals surface area contributed by atoms with Crippen molar-refractivity contribution in [2.75, 3.05) is 0 Å². The summed E-state index contributed by atoms with van der Waals surface area (Å²) < 4.78 is 2.03. The number of hydrogen-bond donors (Lipinski definition) is 1. The van der Waals surface area contributed by atoms with Gasteiger partial charge in [0, 0.05) is 10.6 Å². The highest BCUT2D eigenvalue weighted by atomic mass is 35.5. The maximum atomic E-state index is 6.32. The number of nitrogens with two attached hydrogens (primary N) is 1. The van der Waals surface area contributed by atoms with Gasteiger partial charge in [0.25, 0.3) is 0 Å². The van der Waals surface area contributed by atoms with Crippen LogP contribution >= 0.6 is 34.8 Å². The first-order valence-electron chi connectivity index (χ1n) is 6.82. The summed E-state index contributed by atoms with van der Waals surface area (Å²) >= 11 is 18.7. The van der Waals surface area contributed by atoms with E-state index in [2.05, 4.69) is 4.98 Å². The highest BCUT2D eigenvalue weighted by molar-refractivity contribution is 6.44. The van der Waals surface area contributed by atoms with Crippen LogP contribution < -0.4 is 5.73 Å². The summed E-state index contributed by atoms with van der Waals surface area (Å²) in [4.78, 5) is 4.61. The first kappa shape index (κ1) is 15.6. The second kappa shape index (κ2) is 6.09. The van der Waals surface area contributed by atoms with Gasteiger partial charge in [-0.2, -0.15) is 0 Å². The van der Waals surface area contributed by atoms with E-state index in [0.717, 1.165) is 22.4 Å². The fraction of sp³-hybridized carbons (Fsp3) is 0.188. The molecule has 6 heteroatoms. The summed E-state index contributed by atoms with van der Waals surface area (Å²) in [5.74, 6) is 0.785.